The molecule has 1 fully saturated rings. The number of aryl methyl sites for hydroxylation is 1. The highest BCUT2D eigenvalue weighted by Crippen LogP contribution is 2.31. The van der Waals surface area contributed by atoms with Crippen molar-refractivity contribution in [2.24, 2.45) is 0 Å². The van der Waals surface area contributed by atoms with Crippen LogP contribution in [0.15, 0.2) is 36.5 Å². The number of halogens is 3. The number of alkyl halides is 3. The normalized spacial score (nSPS) is 15.1. The van der Waals surface area contributed by atoms with Crippen LogP contribution in [0, 0.1) is 6.92 Å². The van der Waals surface area contributed by atoms with Gasteiger partial charge < -0.3 is 15.1 Å². The van der Waals surface area contributed by atoms with Crippen molar-refractivity contribution in [1.29, 1.82) is 0 Å². The lowest BCUT2D eigenvalue weighted by molar-refractivity contribution is -0.137. The predicted molar refractivity (Wildman–Crippen MR) is 98.2 cm³/mol. The Balaban J connectivity index is 1.60. The van der Waals surface area contributed by atoms with Gasteiger partial charge in [0, 0.05) is 43.8 Å². The van der Waals surface area contributed by atoms with Gasteiger partial charge in [0.2, 0.25) is 5.95 Å². The molecule has 9 heteroatoms. The number of hydrogen-bond acceptors (Lipinski definition) is 4. The molecule has 1 aromatic heterocycles. The zero-order valence-corrected chi connectivity index (χ0v) is 14.9. The average Bonchev–Trinajstić information content (AvgIpc) is 2.61. The second kappa shape index (κ2) is 7.45. The molecular weight excluding hydrogens is 363 g/mol. The van der Waals surface area contributed by atoms with Crippen LogP contribution in [0.1, 0.15) is 11.3 Å². The van der Waals surface area contributed by atoms with Crippen LogP contribution in [0.3, 0.4) is 0 Å². The first kappa shape index (κ1) is 18.4. The first-order chi connectivity index (χ1) is 12.3. The van der Waals surface area contributed by atoms with Crippen molar-refractivity contribution < 1.29 is 13.2 Å². The molecule has 0 radical (unpaired) electrons. The summed E-state index contributed by atoms with van der Waals surface area (Å²) in [6.07, 6.45) is -2.68. The molecule has 2 aromatic rings. The Bertz CT molecular complexity index is 788. The Labute approximate surface area is 154 Å². The summed E-state index contributed by atoms with van der Waals surface area (Å²) < 4.78 is 38.6. The van der Waals surface area contributed by atoms with E-state index < -0.39 is 11.7 Å². The van der Waals surface area contributed by atoms with E-state index in [0.717, 1.165) is 11.8 Å². The first-order valence-corrected chi connectivity index (χ1v) is 8.51. The van der Waals surface area contributed by atoms with E-state index in [1.165, 1.54) is 12.1 Å². The highest BCUT2D eigenvalue weighted by molar-refractivity contribution is 7.80. The van der Waals surface area contributed by atoms with Gasteiger partial charge in [-0.2, -0.15) is 13.2 Å². The van der Waals surface area contributed by atoms with E-state index in [1.807, 2.05) is 16.7 Å². The molecule has 2 heterocycles. The summed E-state index contributed by atoms with van der Waals surface area (Å²) in [7, 11) is 0. The molecule has 0 saturated carbocycles. The quantitative estimate of drug-likeness (QED) is 0.806. The van der Waals surface area contributed by atoms with Gasteiger partial charge in [-0.15, -0.1) is 0 Å². The summed E-state index contributed by atoms with van der Waals surface area (Å²) in [4.78, 5) is 12.3. The van der Waals surface area contributed by atoms with E-state index in [1.54, 1.807) is 18.3 Å². The molecular formula is C17H18F3N5S. The van der Waals surface area contributed by atoms with Crippen LogP contribution in [0.2, 0.25) is 0 Å². The lowest BCUT2D eigenvalue weighted by atomic mass is 10.1. The second-order valence-corrected chi connectivity index (χ2v) is 6.36. The average molecular weight is 381 g/mol. The van der Waals surface area contributed by atoms with E-state index in [4.69, 9.17) is 12.2 Å². The summed E-state index contributed by atoms with van der Waals surface area (Å²) in [5, 5.41) is 3.52. The third-order valence-corrected chi connectivity index (χ3v) is 4.48. The third-order valence-electron chi connectivity index (χ3n) is 4.12. The van der Waals surface area contributed by atoms with E-state index in [9.17, 15) is 13.2 Å². The highest BCUT2D eigenvalue weighted by atomic mass is 32.1. The van der Waals surface area contributed by atoms with Gasteiger partial charge in [0.15, 0.2) is 5.11 Å². The molecule has 1 N–H and O–H groups in total. The maximum Gasteiger partial charge on any atom is 0.416 e. The summed E-state index contributed by atoms with van der Waals surface area (Å²) in [5.74, 6) is 0.440. The highest BCUT2D eigenvalue weighted by Gasteiger charge is 2.31. The molecule has 1 saturated heterocycles. The molecule has 1 aromatic carbocycles. The van der Waals surface area contributed by atoms with Crippen molar-refractivity contribution in [3.63, 3.8) is 0 Å². The van der Waals surface area contributed by atoms with Crippen LogP contribution < -0.4 is 10.2 Å². The number of rotatable bonds is 2. The van der Waals surface area contributed by atoms with Crippen molar-refractivity contribution in [1.82, 2.24) is 14.9 Å². The molecule has 1 aliphatic rings. The monoisotopic (exact) mass is 381 g/mol. The van der Waals surface area contributed by atoms with Crippen LogP contribution in [0.5, 0.6) is 0 Å². The van der Waals surface area contributed by atoms with Crippen LogP contribution >= 0.6 is 12.2 Å². The molecule has 0 spiro atoms. The standard InChI is InChI=1S/C17H18F3N5S/c1-12-5-6-21-15(22-12)23-16(26)25-9-7-24(8-10-25)14-4-2-3-13(11-14)17(18,19)20/h2-6,11H,7-10H2,1H3,(H,21,22,23,26). The van der Waals surface area contributed by atoms with Gasteiger partial charge in [0.1, 0.15) is 0 Å². The van der Waals surface area contributed by atoms with Crippen LogP contribution in [-0.4, -0.2) is 46.2 Å². The molecule has 26 heavy (non-hydrogen) atoms. The number of nitrogens with zero attached hydrogens (tertiary/aromatic N) is 4. The molecule has 3 rings (SSSR count). The smallest absolute Gasteiger partial charge is 0.368 e. The fourth-order valence-electron chi connectivity index (χ4n) is 2.73. The lowest BCUT2D eigenvalue weighted by Crippen LogP contribution is -2.50. The number of anilines is 2. The predicted octanol–water partition coefficient (Wildman–Crippen LogP) is 3.32. The molecule has 0 amide bonds. The molecule has 0 atom stereocenters. The maximum atomic E-state index is 12.9. The second-order valence-electron chi connectivity index (χ2n) is 5.97. The fourth-order valence-corrected chi connectivity index (χ4v) is 3.00. The van der Waals surface area contributed by atoms with Gasteiger partial charge in [-0.1, -0.05) is 6.07 Å². The minimum absolute atomic E-state index is 0.440. The van der Waals surface area contributed by atoms with E-state index in [-0.39, 0.29) is 0 Å². The van der Waals surface area contributed by atoms with Crippen LogP contribution in [-0.2, 0) is 6.18 Å². The zero-order valence-electron chi connectivity index (χ0n) is 14.1. The van der Waals surface area contributed by atoms with Gasteiger partial charge in [0.05, 0.1) is 5.56 Å². The van der Waals surface area contributed by atoms with Crippen molar-refractivity contribution in [2.45, 2.75) is 13.1 Å². The first-order valence-electron chi connectivity index (χ1n) is 8.11. The SMILES string of the molecule is Cc1ccnc(NC(=S)N2CCN(c3cccc(C(F)(F)F)c3)CC2)n1. The number of piperazine rings is 1. The Morgan fingerprint density at radius 1 is 1.15 bits per heavy atom. The minimum Gasteiger partial charge on any atom is -0.368 e. The molecule has 0 aliphatic carbocycles. The number of hydrogen-bond donors (Lipinski definition) is 1. The Morgan fingerprint density at radius 2 is 1.88 bits per heavy atom. The topological polar surface area (TPSA) is 44.3 Å². The maximum absolute atomic E-state index is 12.9. The summed E-state index contributed by atoms with van der Waals surface area (Å²) in [6.45, 7) is 4.24. The molecule has 5 nitrogen and oxygen atoms in total. The number of nitrogens with one attached hydrogen (secondary N) is 1. The van der Waals surface area contributed by atoms with Gasteiger partial charge in [-0.05, 0) is 43.4 Å². The van der Waals surface area contributed by atoms with Crippen molar-refractivity contribution in [3.05, 3.63) is 47.8 Å². The number of thiocarbonyl (C=S) groups is 1. The lowest BCUT2D eigenvalue weighted by Gasteiger charge is -2.37. The zero-order chi connectivity index (χ0) is 18.7. The van der Waals surface area contributed by atoms with Crippen molar-refractivity contribution >= 4 is 29.0 Å². The van der Waals surface area contributed by atoms with Crippen LogP contribution in [0.4, 0.5) is 24.8 Å². The summed E-state index contributed by atoms with van der Waals surface area (Å²) in [6, 6.07) is 7.20. The van der Waals surface area contributed by atoms with Gasteiger partial charge in [0.25, 0.3) is 0 Å². The Kier molecular flexibility index (Phi) is 5.26. The summed E-state index contributed by atoms with van der Waals surface area (Å²) >= 11 is 5.39. The van der Waals surface area contributed by atoms with E-state index >= 15 is 0 Å². The van der Waals surface area contributed by atoms with Gasteiger partial charge in [-0.3, -0.25) is 0 Å². The van der Waals surface area contributed by atoms with Gasteiger partial charge >= 0.3 is 6.18 Å². The third kappa shape index (κ3) is 4.40. The number of benzene rings is 1. The molecule has 0 unspecified atom stereocenters. The van der Waals surface area contributed by atoms with Crippen molar-refractivity contribution in [2.75, 3.05) is 36.4 Å². The van der Waals surface area contributed by atoms with E-state index in [2.05, 4.69) is 15.3 Å². The largest absolute Gasteiger partial charge is 0.416 e. The molecule has 1 aliphatic heterocycles. The summed E-state index contributed by atoms with van der Waals surface area (Å²) in [5.41, 5.74) is 0.770. The van der Waals surface area contributed by atoms with E-state index in [0.29, 0.717) is 42.9 Å². The fraction of sp³-hybridized carbons (Fsp3) is 0.353. The Morgan fingerprint density at radius 3 is 2.54 bits per heavy atom. The number of aromatic nitrogens is 2. The minimum atomic E-state index is -4.34. The van der Waals surface area contributed by atoms with Gasteiger partial charge in [-0.25, -0.2) is 9.97 Å². The Hall–Kier alpha value is -2.42. The molecule has 0 bridgehead atoms. The van der Waals surface area contributed by atoms with Crippen LogP contribution in [0.25, 0.3) is 0 Å². The van der Waals surface area contributed by atoms with Crippen molar-refractivity contribution in [3.8, 4) is 0 Å². The molecule has 138 valence electrons.